The van der Waals surface area contributed by atoms with Gasteiger partial charge in [0.05, 0.1) is 5.92 Å². The molecule has 0 aliphatic heterocycles. The van der Waals surface area contributed by atoms with Crippen LogP contribution in [0, 0.1) is 0 Å². The third-order valence-electron chi connectivity index (χ3n) is 3.49. The Balaban J connectivity index is 2.87. The molecule has 0 bridgehead atoms. The van der Waals surface area contributed by atoms with Crippen molar-refractivity contribution in [2.45, 2.75) is 32.2 Å². The number of hydrogen-bond donors (Lipinski definition) is 2. The maximum absolute atomic E-state index is 8.92. The Kier molecular flexibility index (Phi) is 5.65. The maximum atomic E-state index is 8.92. The van der Waals surface area contributed by atoms with Crippen LogP contribution in [0.5, 0.6) is 0 Å². The highest BCUT2D eigenvalue weighted by molar-refractivity contribution is 5.87. The van der Waals surface area contributed by atoms with E-state index in [9.17, 15) is 0 Å². The minimum atomic E-state index is -0.0739. The number of nitrogens with two attached hydrogens (primary N) is 1. The standard InChI is InChI=1S/C14H23N3O/c1-4-11(2)17(3)10-13(14(15)16-18)12-8-6-5-7-9-12/h5-9,11,13,18H,4,10H2,1-3H3,(H2,15,16). The highest BCUT2D eigenvalue weighted by Gasteiger charge is 2.20. The van der Waals surface area contributed by atoms with Gasteiger partial charge in [-0.25, -0.2) is 0 Å². The van der Waals surface area contributed by atoms with Crippen molar-refractivity contribution < 1.29 is 5.21 Å². The van der Waals surface area contributed by atoms with E-state index in [2.05, 4.69) is 31.0 Å². The van der Waals surface area contributed by atoms with Gasteiger partial charge in [-0.05, 0) is 26.0 Å². The zero-order valence-corrected chi connectivity index (χ0v) is 11.4. The molecular weight excluding hydrogens is 226 g/mol. The van der Waals surface area contributed by atoms with Crippen LogP contribution in [0.4, 0.5) is 0 Å². The Morgan fingerprint density at radius 3 is 2.50 bits per heavy atom. The van der Waals surface area contributed by atoms with E-state index in [1.165, 1.54) is 0 Å². The van der Waals surface area contributed by atoms with Crippen LogP contribution in [-0.2, 0) is 0 Å². The van der Waals surface area contributed by atoms with Gasteiger partial charge in [-0.2, -0.15) is 0 Å². The number of benzene rings is 1. The molecule has 3 N–H and O–H groups in total. The number of nitrogens with zero attached hydrogens (tertiary/aromatic N) is 2. The van der Waals surface area contributed by atoms with Crippen LogP contribution in [0.1, 0.15) is 31.7 Å². The van der Waals surface area contributed by atoms with Gasteiger partial charge >= 0.3 is 0 Å². The minimum absolute atomic E-state index is 0.0739. The molecule has 0 heterocycles. The van der Waals surface area contributed by atoms with Gasteiger partial charge in [-0.15, -0.1) is 0 Å². The Hall–Kier alpha value is -1.55. The number of oxime groups is 1. The van der Waals surface area contributed by atoms with Gasteiger partial charge in [0.2, 0.25) is 0 Å². The van der Waals surface area contributed by atoms with Crippen LogP contribution in [0.25, 0.3) is 0 Å². The van der Waals surface area contributed by atoms with Crippen molar-refractivity contribution in [1.82, 2.24) is 4.90 Å². The monoisotopic (exact) mass is 249 g/mol. The molecule has 100 valence electrons. The number of amidine groups is 1. The van der Waals surface area contributed by atoms with Crippen LogP contribution >= 0.6 is 0 Å². The van der Waals surface area contributed by atoms with Crippen molar-refractivity contribution >= 4 is 5.84 Å². The largest absolute Gasteiger partial charge is 0.409 e. The predicted octanol–water partition coefficient (Wildman–Crippen LogP) is 2.25. The summed E-state index contributed by atoms with van der Waals surface area (Å²) in [5.41, 5.74) is 6.88. The molecule has 0 aliphatic carbocycles. The zero-order chi connectivity index (χ0) is 13.5. The Morgan fingerprint density at radius 1 is 1.39 bits per heavy atom. The Bertz CT molecular complexity index is 378. The number of rotatable bonds is 6. The molecule has 0 amide bonds. The maximum Gasteiger partial charge on any atom is 0.147 e. The fourth-order valence-electron chi connectivity index (χ4n) is 1.90. The summed E-state index contributed by atoms with van der Waals surface area (Å²) >= 11 is 0. The summed E-state index contributed by atoms with van der Waals surface area (Å²) in [4.78, 5) is 2.23. The Morgan fingerprint density at radius 2 is 2.00 bits per heavy atom. The molecule has 18 heavy (non-hydrogen) atoms. The summed E-state index contributed by atoms with van der Waals surface area (Å²) in [5.74, 6) is 0.187. The van der Waals surface area contributed by atoms with Crippen molar-refractivity contribution in [2.24, 2.45) is 10.9 Å². The first-order valence-corrected chi connectivity index (χ1v) is 6.32. The molecule has 2 atom stereocenters. The quantitative estimate of drug-likeness (QED) is 0.352. The lowest BCUT2D eigenvalue weighted by Gasteiger charge is -2.28. The van der Waals surface area contributed by atoms with Gasteiger partial charge in [-0.1, -0.05) is 42.4 Å². The second kappa shape index (κ2) is 7.01. The van der Waals surface area contributed by atoms with E-state index in [1.54, 1.807) is 0 Å². The van der Waals surface area contributed by atoms with Crippen molar-refractivity contribution in [3.05, 3.63) is 35.9 Å². The highest BCUT2D eigenvalue weighted by Crippen LogP contribution is 2.18. The number of hydrogen-bond acceptors (Lipinski definition) is 3. The van der Waals surface area contributed by atoms with Gasteiger partial charge in [-0.3, -0.25) is 0 Å². The summed E-state index contributed by atoms with van der Waals surface area (Å²) in [6.07, 6.45) is 1.08. The smallest absolute Gasteiger partial charge is 0.147 e. The normalized spacial score (nSPS) is 15.7. The summed E-state index contributed by atoms with van der Waals surface area (Å²) < 4.78 is 0. The van der Waals surface area contributed by atoms with Crippen LogP contribution < -0.4 is 5.73 Å². The Labute approximate surface area is 109 Å². The lowest BCUT2D eigenvalue weighted by atomic mass is 9.97. The van der Waals surface area contributed by atoms with Crippen LogP contribution in [0.3, 0.4) is 0 Å². The van der Waals surface area contributed by atoms with Crippen molar-refractivity contribution in [1.29, 1.82) is 0 Å². The molecule has 1 rings (SSSR count). The second-order valence-corrected chi connectivity index (χ2v) is 4.68. The summed E-state index contributed by atoms with van der Waals surface area (Å²) in [7, 11) is 2.06. The first-order chi connectivity index (χ1) is 8.60. The summed E-state index contributed by atoms with van der Waals surface area (Å²) in [6.45, 7) is 5.07. The minimum Gasteiger partial charge on any atom is -0.409 e. The molecule has 0 aromatic heterocycles. The second-order valence-electron chi connectivity index (χ2n) is 4.68. The van der Waals surface area contributed by atoms with Gasteiger partial charge in [0, 0.05) is 12.6 Å². The fraction of sp³-hybridized carbons (Fsp3) is 0.500. The number of likely N-dealkylation sites (N-methyl/N-ethyl adjacent to an activating group) is 1. The first-order valence-electron chi connectivity index (χ1n) is 6.32. The van der Waals surface area contributed by atoms with E-state index in [0.717, 1.165) is 18.5 Å². The lowest BCUT2D eigenvalue weighted by Crippen LogP contribution is -2.37. The topological polar surface area (TPSA) is 61.8 Å². The highest BCUT2D eigenvalue weighted by atomic mass is 16.4. The molecule has 0 spiro atoms. The third kappa shape index (κ3) is 3.74. The van der Waals surface area contributed by atoms with E-state index < -0.39 is 0 Å². The summed E-state index contributed by atoms with van der Waals surface area (Å²) in [6, 6.07) is 10.4. The molecule has 0 radical (unpaired) electrons. The molecule has 2 unspecified atom stereocenters. The molecule has 0 saturated heterocycles. The predicted molar refractivity (Wildman–Crippen MR) is 75.0 cm³/mol. The van der Waals surface area contributed by atoms with E-state index >= 15 is 0 Å². The molecular formula is C14H23N3O. The fourth-order valence-corrected chi connectivity index (χ4v) is 1.90. The molecule has 0 fully saturated rings. The first kappa shape index (κ1) is 14.5. The van der Waals surface area contributed by atoms with Crippen LogP contribution in [0.2, 0.25) is 0 Å². The molecule has 0 aliphatic rings. The summed E-state index contributed by atoms with van der Waals surface area (Å²) in [5, 5.41) is 12.1. The van der Waals surface area contributed by atoms with E-state index in [-0.39, 0.29) is 11.8 Å². The molecule has 4 nitrogen and oxygen atoms in total. The van der Waals surface area contributed by atoms with Crippen LogP contribution in [-0.4, -0.2) is 35.6 Å². The molecule has 4 heteroatoms. The SMILES string of the molecule is CCC(C)N(C)CC(C(N)=NO)c1ccccc1. The van der Waals surface area contributed by atoms with Gasteiger partial charge in [0.1, 0.15) is 5.84 Å². The van der Waals surface area contributed by atoms with Gasteiger partial charge in [0.25, 0.3) is 0 Å². The van der Waals surface area contributed by atoms with E-state index in [1.807, 2.05) is 30.3 Å². The average Bonchev–Trinajstić information content (AvgIpc) is 2.43. The average molecular weight is 249 g/mol. The lowest BCUT2D eigenvalue weighted by molar-refractivity contribution is 0.246. The van der Waals surface area contributed by atoms with E-state index in [0.29, 0.717) is 6.04 Å². The molecule has 1 aromatic carbocycles. The van der Waals surface area contributed by atoms with E-state index in [4.69, 9.17) is 10.9 Å². The third-order valence-corrected chi connectivity index (χ3v) is 3.49. The van der Waals surface area contributed by atoms with Gasteiger partial charge < -0.3 is 15.8 Å². The van der Waals surface area contributed by atoms with Crippen LogP contribution in [0.15, 0.2) is 35.5 Å². The van der Waals surface area contributed by atoms with Crippen molar-refractivity contribution in [2.75, 3.05) is 13.6 Å². The van der Waals surface area contributed by atoms with Crippen molar-refractivity contribution in [3.63, 3.8) is 0 Å². The zero-order valence-electron chi connectivity index (χ0n) is 11.4. The molecule has 0 saturated carbocycles. The van der Waals surface area contributed by atoms with Crippen molar-refractivity contribution in [3.8, 4) is 0 Å². The molecule has 1 aromatic rings. The van der Waals surface area contributed by atoms with Gasteiger partial charge in [0.15, 0.2) is 0 Å².